The Kier molecular flexibility index (Phi) is 3.50. The molecule has 1 rings (SSSR count). The molecule has 0 atom stereocenters. The predicted octanol–water partition coefficient (Wildman–Crippen LogP) is -0.0301. The molecule has 0 fully saturated rings. The van der Waals surface area contributed by atoms with Gasteiger partial charge in [-0.3, -0.25) is 4.79 Å². The van der Waals surface area contributed by atoms with E-state index < -0.39 is 11.9 Å². The fourth-order valence-electron chi connectivity index (χ4n) is 1.24. The second kappa shape index (κ2) is 4.64. The van der Waals surface area contributed by atoms with Crippen LogP contribution in [0.1, 0.15) is 13.3 Å². The molecule has 1 aliphatic rings. The number of amides is 1. The highest BCUT2D eigenvalue weighted by molar-refractivity contribution is 6.17. The van der Waals surface area contributed by atoms with Gasteiger partial charge in [-0.25, -0.2) is 4.79 Å². The summed E-state index contributed by atoms with van der Waals surface area (Å²) in [5, 5.41) is 2.56. The van der Waals surface area contributed by atoms with Crippen LogP contribution in [0, 0.1) is 0 Å². The molecule has 0 aromatic heterocycles. The van der Waals surface area contributed by atoms with Gasteiger partial charge in [0.2, 0.25) is 0 Å². The highest BCUT2D eigenvalue weighted by atomic mass is 16.5. The summed E-state index contributed by atoms with van der Waals surface area (Å²) < 4.78 is 9.71. The molecule has 1 heterocycles. The lowest BCUT2D eigenvalue weighted by atomic mass is 10.1. The molecular weight excluding hydrogens is 186 g/mol. The van der Waals surface area contributed by atoms with Gasteiger partial charge in [0.25, 0.3) is 5.91 Å². The molecule has 1 amide bonds. The van der Waals surface area contributed by atoms with E-state index in [2.05, 4.69) is 5.32 Å². The van der Waals surface area contributed by atoms with Crippen molar-refractivity contribution in [2.45, 2.75) is 13.3 Å². The van der Waals surface area contributed by atoms with E-state index in [9.17, 15) is 9.59 Å². The van der Waals surface area contributed by atoms with Crippen molar-refractivity contribution in [1.82, 2.24) is 5.32 Å². The summed E-state index contributed by atoms with van der Waals surface area (Å²) in [7, 11) is 1.44. The maximum Gasteiger partial charge on any atom is 0.347 e. The van der Waals surface area contributed by atoms with Crippen molar-refractivity contribution in [2.24, 2.45) is 0 Å². The number of rotatable bonds is 3. The molecule has 0 radical (unpaired) electrons. The molecular formula is C9H13NO4. The first-order valence-corrected chi connectivity index (χ1v) is 4.43. The predicted molar refractivity (Wildman–Crippen MR) is 48.3 cm³/mol. The topological polar surface area (TPSA) is 64.6 Å². The SMILES string of the molecule is CCOC(=O)C1=C(OC)CCNC1=O. The Morgan fingerprint density at radius 2 is 2.29 bits per heavy atom. The summed E-state index contributed by atoms with van der Waals surface area (Å²) in [6.07, 6.45) is 0.524. The minimum absolute atomic E-state index is 0.0133. The van der Waals surface area contributed by atoms with E-state index in [4.69, 9.17) is 9.47 Å². The molecule has 1 aliphatic heterocycles. The molecule has 0 aromatic rings. The summed E-state index contributed by atoms with van der Waals surface area (Å²) in [6.45, 7) is 2.42. The molecule has 0 bridgehead atoms. The van der Waals surface area contributed by atoms with Gasteiger partial charge in [0.05, 0.1) is 13.7 Å². The van der Waals surface area contributed by atoms with Crippen LogP contribution in [0.5, 0.6) is 0 Å². The van der Waals surface area contributed by atoms with E-state index >= 15 is 0 Å². The average molecular weight is 199 g/mol. The van der Waals surface area contributed by atoms with Crippen molar-refractivity contribution in [2.75, 3.05) is 20.3 Å². The number of hydrogen-bond donors (Lipinski definition) is 1. The normalized spacial score (nSPS) is 16.3. The standard InChI is InChI=1S/C9H13NO4/c1-3-14-9(12)7-6(13-2)4-5-10-8(7)11/h3-5H2,1-2H3,(H,10,11). The van der Waals surface area contributed by atoms with E-state index in [0.717, 1.165) is 0 Å². The van der Waals surface area contributed by atoms with E-state index in [1.807, 2.05) is 0 Å². The van der Waals surface area contributed by atoms with Crippen LogP contribution >= 0.6 is 0 Å². The summed E-state index contributed by atoms with van der Waals surface area (Å²) in [4.78, 5) is 22.7. The third-order valence-electron chi connectivity index (χ3n) is 1.87. The molecule has 0 aromatic carbocycles. The Balaban J connectivity index is 2.92. The minimum Gasteiger partial charge on any atom is -0.500 e. The monoisotopic (exact) mass is 199 g/mol. The maximum absolute atomic E-state index is 11.4. The highest BCUT2D eigenvalue weighted by Crippen LogP contribution is 2.15. The average Bonchev–Trinajstić information content (AvgIpc) is 2.17. The van der Waals surface area contributed by atoms with Gasteiger partial charge in [0, 0.05) is 13.0 Å². The van der Waals surface area contributed by atoms with Crippen LogP contribution in [0.3, 0.4) is 0 Å². The van der Waals surface area contributed by atoms with E-state index in [-0.39, 0.29) is 12.2 Å². The third-order valence-corrected chi connectivity index (χ3v) is 1.87. The molecule has 0 saturated carbocycles. The fraction of sp³-hybridized carbons (Fsp3) is 0.556. The van der Waals surface area contributed by atoms with Gasteiger partial charge in [-0.05, 0) is 6.92 Å². The Morgan fingerprint density at radius 1 is 1.57 bits per heavy atom. The van der Waals surface area contributed by atoms with E-state index in [1.54, 1.807) is 6.92 Å². The molecule has 78 valence electrons. The Morgan fingerprint density at radius 3 is 2.86 bits per heavy atom. The van der Waals surface area contributed by atoms with Gasteiger partial charge in [0.15, 0.2) is 5.57 Å². The lowest BCUT2D eigenvalue weighted by molar-refractivity contribution is -0.140. The number of hydrogen-bond acceptors (Lipinski definition) is 4. The zero-order chi connectivity index (χ0) is 10.6. The van der Waals surface area contributed by atoms with Crippen LogP contribution in [0.25, 0.3) is 0 Å². The summed E-state index contributed by atoms with van der Waals surface area (Å²) in [5.74, 6) is -0.652. The van der Waals surface area contributed by atoms with Crippen molar-refractivity contribution in [3.8, 4) is 0 Å². The first-order chi connectivity index (χ1) is 6.70. The molecule has 5 heteroatoms. The Hall–Kier alpha value is -1.52. The van der Waals surface area contributed by atoms with Crippen LogP contribution in [0.4, 0.5) is 0 Å². The Labute approximate surface area is 82.1 Å². The zero-order valence-electron chi connectivity index (χ0n) is 8.25. The number of esters is 1. The highest BCUT2D eigenvalue weighted by Gasteiger charge is 2.28. The molecule has 0 spiro atoms. The molecule has 1 N–H and O–H groups in total. The molecule has 0 unspecified atom stereocenters. The lowest BCUT2D eigenvalue weighted by Crippen LogP contribution is -2.36. The molecule has 0 saturated heterocycles. The third kappa shape index (κ3) is 2.04. The number of nitrogens with one attached hydrogen (secondary N) is 1. The quantitative estimate of drug-likeness (QED) is 0.512. The number of carbonyl (C=O) groups is 2. The van der Waals surface area contributed by atoms with Crippen molar-refractivity contribution in [3.05, 3.63) is 11.3 Å². The Bertz CT molecular complexity index is 283. The lowest BCUT2D eigenvalue weighted by Gasteiger charge is -2.17. The maximum atomic E-state index is 11.4. The number of methoxy groups -OCH3 is 1. The fourth-order valence-corrected chi connectivity index (χ4v) is 1.24. The van der Waals surface area contributed by atoms with Gasteiger partial charge in [-0.15, -0.1) is 0 Å². The summed E-state index contributed by atoms with van der Waals surface area (Å²) in [5.41, 5.74) is -0.0133. The van der Waals surface area contributed by atoms with Gasteiger partial charge >= 0.3 is 5.97 Å². The number of ether oxygens (including phenoxy) is 2. The summed E-state index contributed by atoms with van der Waals surface area (Å²) in [6, 6.07) is 0. The van der Waals surface area contributed by atoms with Gasteiger partial charge in [0.1, 0.15) is 5.76 Å². The molecule has 14 heavy (non-hydrogen) atoms. The molecule has 0 aliphatic carbocycles. The van der Waals surface area contributed by atoms with Crippen molar-refractivity contribution >= 4 is 11.9 Å². The summed E-state index contributed by atoms with van der Waals surface area (Å²) >= 11 is 0. The van der Waals surface area contributed by atoms with Crippen LogP contribution in [0.15, 0.2) is 11.3 Å². The van der Waals surface area contributed by atoms with Crippen molar-refractivity contribution in [3.63, 3.8) is 0 Å². The van der Waals surface area contributed by atoms with Gasteiger partial charge in [-0.2, -0.15) is 0 Å². The van der Waals surface area contributed by atoms with Crippen LogP contribution < -0.4 is 5.32 Å². The van der Waals surface area contributed by atoms with Crippen molar-refractivity contribution < 1.29 is 19.1 Å². The van der Waals surface area contributed by atoms with Crippen molar-refractivity contribution in [1.29, 1.82) is 0 Å². The second-order valence-corrected chi connectivity index (χ2v) is 2.73. The largest absolute Gasteiger partial charge is 0.500 e. The smallest absolute Gasteiger partial charge is 0.347 e. The molecule has 5 nitrogen and oxygen atoms in total. The first kappa shape index (κ1) is 10.6. The van der Waals surface area contributed by atoms with Crippen LogP contribution in [0.2, 0.25) is 0 Å². The van der Waals surface area contributed by atoms with Gasteiger partial charge < -0.3 is 14.8 Å². The minimum atomic E-state index is -0.624. The zero-order valence-corrected chi connectivity index (χ0v) is 8.25. The first-order valence-electron chi connectivity index (χ1n) is 4.43. The van der Waals surface area contributed by atoms with Crippen LogP contribution in [-0.4, -0.2) is 32.1 Å². The van der Waals surface area contributed by atoms with E-state index in [0.29, 0.717) is 18.7 Å². The van der Waals surface area contributed by atoms with E-state index in [1.165, 1.54) is 7.11 Å². The van der Waals surface area contributed by atoms with Crippen LogP contribution in [-0.2, 0) is 19.1 Å². The number of carbonyl (C=O) groups excluding carboxylic acids is 2. The van der Waals surface area contributed by atoms with Gasteiger partial charge in [-0.1, -0.05) is 0 Å². The second-order valence-electron chi connectivity index (χ2n) is 2.73.